The van der Waals surface area contributed by atoms with Gasteiger partial charge in [0.1, 0.15) is 11.3 Å². The Morgan fingerprint density at radius 3 is 2.58 bits per heavy atom. The van der Waals surface area contributed by atoms with Crippen LogP contribution in [0.25, 0.3) is 10.2 Å². The van der Waals surface area contributed by atoms with Crippen molar-refractivity contribution in [3.05, 3.63) is 26.8 Å². The van der Waals surface area contributed by atoms with Crippen LogP contribution in [0.4, 0.5) is 8.78 Å². The Kier molecular flexibility index (Phi) is 1.99. The highest BCUT2D eigenvalue weighted by molar-refractivity contribution is 14.1. The average molecular weight is 297 g/mol. The number of benzene rings is 1. The monoisotopic (exact) mass is 297 g/mol. The minimum Gasteiger partial charge on any atom is -0.227 e. The molecule has 0 bridgehead atoms. The van der Waals surface area contributed by atoms with E-state index in [9.17, 15) is 8.78 Å². The van der Waals surface area contributed by atoms with Gasteiger partial charge in [0.05, 0.1) is 4.70 Å². The van der Waals surface area contributed by atoms with Crippen molar-refractivity contribution in [1.29, 1.82) is 0 Å². The quantitative estimate of drug-likeness (QED) is 0.681. The molecule has 1 aromatic carbocycles. The molecule has 0 atom stereocenters. The summed E-state index contributed by atoms with van der Waals surface area (Å²) in [5.41, 5.74) is 0.129. The van der Waals surface area contributed by atoms with Gasteiger partial charge in [-0.1, -0.05) is 0 Å². The third-order valence-electron chi connectivity index (χ3n) is 1.42. The van der Waals surface area contributed by atoms with Crippen LogP contribution < -0.4 is 0 Å². The van der Waals surface area contributed by atoms with Gasteiger partial charge in [-0.2, -0.15) is 0 Å². The van der Waals surface area contributed by atoms with Gasteiger partial charge in [-0.05, 0) is 34.7 Å². The highest BCUT2D eigenvalue weighted by Gasteiger charge is 2.10. The molecule has 5 heteroatoms. The number of fused-ring (bicyclic) bond motifs is 1. The summed E-state index contributed by atoms with van der Waals surface area (Å²) in [7, 11) is 0. The molecule has 62 valence electrons. The molecule has 0 saturated carbocycles. The maximum atomic E-state index is 13.0. The molecule has 0 unspecified atom stereocenters. The van der Waals surface area contributed by atoms with E-state index in [0.29, 0.717) is 7.71 Å². The van der Waals surface area contributed by atoms with Crippen LogP contribution in [0.2, 0.25) is 0 Å². The zero-order valence-electron chi connectivity index (χ0n) is 5.64. The molecule has 0 amide bonds. The van der Waals surface area contributed by atoms with Crippen molar-refractivity contribution in [3.8, 4) is 0 Å². The van der Waals surface area contributed by atoms with Gasteiger partial charge in [-0.25, -0.2) is 13.8 Å². The smallest absolute Gasteiger partial charge is 0.155 e. The largest absolute Gasteiger partial charge is 0.227 e. The lowest BCUT2D eigenvalue weighted by atomic mass is 10.3. The molecule has 0 spiro atoms. The van der Waals surface area contributed by atoms with Crippen molar-refractivity contribution in [2.75, 3.05) is 0 Å². The Labute approximate surface area is 84.6 Å². The molecule has 12 heavy (non-hydrogen) atoms. The Bertz CT molecular complexity index is 401. The first-order chi connectivity index (χ1) is 5.68. The Balaban J connectivity index is 2.93. The highest BCUT2D eigenvalue weighted by atomic mass is 127. The van der Waals surface area contributed by atoms with Gasteiger partial charge in [0.25, 0.3) is 0 Å². The summed E-state index contributed by atoms with van der Waals surface area (Å²) in [6, 6.07) is 2.21. The summed E-state index contributed by atoms with van der Waals surface area (Å²) >= 11 is 3.09. The van der Waals surface area contributed by atoms with Crippen LogP contribution in [0, 0.1) is 14.6 Å². The first-order valence-corrected chi connectivity index (χ1v) is 4.98. The normalized spacial score (nSPS) is 10.9. The van der Waals surface area contributed by atoms with Gasteiger partial charge < -0.3 is 0 Å². The molecule has 0 aliphatic rings. The predicted octanol–water partition coefficient (Wildman–Crippen LogP) is 3.18. The van der Waals surface area contributed by atoms with Crippen molar-refractivity contribution in [2.24, 2.45) is 0 Å². The second-order valence-electron chi connectivity index (χ2n) is 2.17. The average Bonchev–Trinajstić information content (AvgIpc) is 2.41. The number of hydrogen-bond acceptors (Lipinski definition) is 2. The molecule has 0 saturated heterocycles. The lowest BCUT2D eigenvalue weighted by Gasteiger charge is -1.90. The van der Waals surface area contributed by atoms with Crippen LogP contribution in [-0.2, 0) is 0 Å². The number of thiazole rings is 1. The van der Waals surface area contributed by atoms with Crippen molar-refractivity contribution in [2.45, 2.75) is 0 Å². The molecule has 1 nitrogen and oxygen atoms in total. The fourth-order valence-corrected chi connectivity index (χ4v) is 2.53. The minimum absolute atomic E-state index is 0.129. The zero-order chi connectivity index (χ0) is 8.72. The van der Waals surface area contributed by atoms with Gasteiger partial charge in [0.2, 0.25) is 0 Å². The lowest BCUT2D eigenvalue weighted by molar-refractivity contribution is 0.617. The molecule has 2 rings (SSSR count). The summed E-state index contributed by atoms with van der Waals surface area (Å²) in [5.74, 6) is -0.877. The number of nitrogens with zero attached hydrogens (tertiary/aromatic N) is 1. The number of halogens is 3. The first-order valence-electron chi connectivity index (χ1n) is 3.08. The van der Waals surface area contributed by atoms with Crippen molar-refractivity contribution in [3.63, 3.8) is 0 Å². The first kappa shape index (κ1) is 8.31. The van der Waals surface area contributed by atoms with Crippen molar-refractivity contribution >= 4 is 44.1 Å². The zero-order valence-corrected chi connectivity index (χ0v) is 8.62. The molecule has 0 fully saturated rings. The second-order valence-corrected chi connectivity index (χ2v) is 4.93. The van der Waals surface area contributed by atoms with E-state index in [2.05, 4.69) is 4.98 Å². The fraction of sp³-hybridized carbons (Fsp3) is 0. The SMILES string of the molecule is Fc1ccc(F)c2sc(I)nc12. The van der Waals surface area contributed by atoms with E-state index >= 15 is 0 Å². The third kappa shape index (κ3) is 1.20. The molecule has 0 radical (unpaired) electrons. The maximum absolute atomic E-state index is 13.0. The molecule has 1 aromatic heterocycles. The lowest BCUT2D eigenvalue weighted by Crippen LogP contribution is -1.80. The molecule has 1 heterocycles. The van der Waals surface area contributed by atoms with Crippen LogP contribution >= 0.6 is 33.9 Å². The molecular weight excluding hydrogens is 295 g/mol. The van der Waals surface area contributed by atoms with Crippen LogP contribution in [0.1, 0.15) is 0 Å². The summed E-state index contributed by atoms with van der Waals surface area (Å²) in [4.78, 5) is 3.86. The Morgan fingerprint density at radius 1 is 1.25 bits per heavy atom. The highest BCUT2D eigenvalue weighted by Crippen LogP contribution is 2.27. The standard InChI is InChI=1S/C7H2F2INS/c8-3-1-2-4(9)6-5(3)11-7(10)12-6/h1-2H. The van der Waals surface area contributed by atoms with Gasteiger partial charge in [-0.15, -0.1) is 11.3 Å². The second kappa shape index (κ2) is 2.88. The van der Waals surface area contributed by atoms with E-state index < -0.39 is 11.6 Å². The summed E-state index contributed by atoms with van der Waals surface area (Å²) in [6.45, 7) is 0. The number of aromatic nitrogens is 1. The molecule has 2 aromatic rings. The van der Waals surface area contributed by atoms with E-state index in [1.807, 2.05) is 22.6 Å². The van der Waals surface area contributed by atoms with Gasteiger partial charge >= 0.3 is 0 Å². The predicted molar refractivity (Wildman–Crippen MR) is 52.3 cm³/mol. The van der Waals surface area contributed by atoms with E-state index in [0.717, 1.165) is 23.5 Å². The van der Waals surface area contributed by atoms with Gasteiger partial charge in [0.15, 0.2) is 8.83 Å². The van der Waals surface area contributed by atoms with Crippen molar-refractivity contribution < 1.29 is 8.78 Å². The third-order valence-corrected chi connectivity index (χ3v) is 3.17. The molecular formula is C7H2F2INS. The van der Waals surface area contributed by atoms with E-state index in [1.165, 1.54) is 0 Å². The molecule has 0 aliphatic heterocycles. The van der Waals surface area contributed by atoms with Crippen LogP contribution in [0.5, 0.6) is 0 Å². The minimum atomic E-state index is -0.467. The van der Waals surface area contributed by atoms with Crippen LogP contribution in [0.3, 0.4) is 0 Å². The van der Waals surface area contributed by atoms with E-state index in [1.54, 1.807) is 0 Å². The summed E-state index contributed by atoms with van der Waals surface area (Å²) in [6.07, 6.45) is 0. The summed E-state index contributed by atoms with van der Waals surface area (Å²) in [5, 5.41) is 0. The Morgan fingerprint density at radius 2 is 1.92 bits per heavy atom. The van der Waals surface area contributed by atoms with Crippen LogP contribution in [-0.4, -0.2) is 4.98 Å². The van der Waals surface area contributed by atoms with E-state index in [4.69, 9.17) is 0 Å². The number of rotatable bonds is 0. The van der Waals surface area contributed by atoms with E-state index in [-0.39, 0.29) is 5.52 Å². The van der Waals surface area contributed by atoms with Gasteiger partial charge in [-0.3, -0.25) is 0 Å². The maximum Gasteiger partial charge on any atom is 0.155 e. The fourth-order valence-electron chi connectivity index (χ4n) is 0.919. The molecule has 0 N–H and O–H groups in total. The summed E-state index contributed by atoms with van der Waals surface area (Å²) < 4.78 is 26.9. The Hall–Kier alpha value is -0.300. The molecule has 0 aliphatic carbocycles. The van der Waals surface area contributed by atoms with Gasteiger partial charge in [0, 0.05) is 0 Å². The topological polar surface area (TPSA) is 12.9 Å². The van der Waals surface area contributed by atoms with Crippen molar-refractivity contribution in [1.82, 2.24) is 4.98 Å². The van der Waals surface area contributed by atoms with Crippen LogP contribution in [0.15, 0.2) is 12.1 Å². The number of hydrogen-bond donors (Lipinski definition) is 0.